The Morgan fingerprint density at radius 2 is 1.74 bits per heavy atom. The Labute approximate surface area is 228 Å². The summed E-state index contributed by atoms with van der Waals surface area (Å²) in [5, 5.41) is 3.41. The van der Waals surface area contributed by atoms with Crippen LogP contribution in [0.2, 0.25) is 0 Å². The number of hydrogen-bond donors (Lipinski definition) is 1. The van der Waals surface area contributed by atoms with E-state index < -0.39 is 5.54 Å². The van der Waals surface area contributed by atoms with E-state index in [0.717, 1.165) is 53.8 Å². The zero-order valence-corrected chi connectivity index (χ0v) is 22.6. The predicted molar refractivity (Wildman–Crippen MR) is 150 cm³/mol. The molecule has 4 aromatic rings. The minimum absolute atomic E-state index is 0.0979. The van der Waals surface area contributed by atoms with Crippen molar-refractivity contribution in [1.29, 1.82) is 0 Å². The highest BCUT2D eigenvalue weighted by Gasteiger charge is 2.53. The van der Waals surface area contributed by atoms with Gasteiger partial charge in [-0.15, -0.1) is 0 Å². The molecule has 2 aromatic carbocycles. The Kier molecular flexibility index (Phi) is 6.67. The fourth-order valence-electron chi connectivity index (χ4n) is 6.27. The highest BCUT2D eigenvalue weighted by Crippen LogP contribution is 2.41. The maximum Gasteiger partial charge on any atom is 0.272 e. The van der Waals surface area contributed by atoms with Gasteiger partial charge >= 0.3 is 0 Å². The quantitative estimate of drug-likeness (QED) is 0.316. The van der Waals surface area contributed by atoms with E-state index in [2.05, 4.69) is 5.32 Å². The molecular formula is C32H35N3O4. The van der Waals surface area contributed by atoms with Gasteiger partial charge in [0.1, 0.15) is 17.2 Å². The van der Waals surface area contributed by atoms with Crippen LogP contribution in [-0.4, -0.2) is 34.4 Å². The Balaban J connectivity index is 1.50. The molecule has 1 saturated carbocycles. The molecule has 0 saturated heterocycles. The molecule has 1 fully saturated rings. The summed E-state index contributed by atoms with van der Waals surface area (Å²) in [6.45, 7) is 2.48. The van der Waals surface area contributed by atoms with Gasteiger partial charge in [-0.1, -0.05) is 68.1 Å². The van der Waals surface area contributed by atoms with Gasteiger partial charge < -0.3 is 23.9 Å². The fourth-order valence-corrected chi connectivity index (χ4v) is 6.27. The van der Waals surface area contributed by atoms with E-state index in [9.17, 15) is 9.59 Å². The average Bonchev–Trinajstić information content (AvgIpc) is 3.35. The summed E-state index contributed by atoms with van der Waals surface area (Å²) in [5.41, 5.74) is 2.51. The van der Waals surface area contributed by atoms with Gasteiger partial charge in [0.05, 0.1) is 19.2 Å². The number of carbonyl (C=O) groups excluding carboxylic acids is 2. The lowest BCUT2D eigenvalue weighted by molar-refractivity contribution is -0.136. The van der Waals surface area contributed by atoms with Crippen LogP contribution in [0.15, 0.2) is 71.1 Å². The second-order valence-electron chi connectivity index (χ2n) is 10.8. The van der Waals surface area contributed by atoms with Gasteiger partial charge in [-0.25, -0.2) is 0 Å². The van der Waals surface area contributed by atoms with Crippen LogP contribution in [0.25, 0.3) is 11.1 Å². The maximum absolute atomic E-state index is 14.7. The number of fused-ring (bicyclic) bond motifs is 3. The van der Waals surface area contributed by atoms with Gasteiger partial charge in [0.25, 0.3) is 11.8 Å². The topological polar surface area (TPSA) is 76.7 Å². The van der Waals surface area contributed by atoms with E-state index in [1.165, 1.54) is 12.8 Å². The first kappa shape index (κ1) is 25.3. The third-order valence-corrected chi connectivity index (χ3v) is 8.34. The van der Waals surface area contributed by atoms with E-state index in [1.807, 2.05) is 78.2 Å². The summed E-state index contributed by atoms with van der Waals surface area (Å²) in [7, 11) is 1.63. The van der Waals surface area contributed by atoms with E-state index >= 15 is 0 Å². The van der Waals surface area contributed by atoms with Gasteiger partial charge in [-0.2, -0.15) is 0 Å². The number of nitrogens with zero attached hydrogens (tertiary/aromatic N) is 2. The molecule has 2 aliphatic rings. The molecule has 0 spiro atoms. The van der Waals surface area contributed by atoms with Crippen LogP contribution in [0.3, 0.4) is 0 Å². The molecule has 1 atom stereocenters. The number of benzene rings is 2. The van der Waals surface area contributed by atoms with E-state index in [4.69, 9.17) is 9.15 Å². The highest BCUT2D eigenvalue weighted by atomic mass is 16.5. The molecule has 0 radical (unpaired) electrons. The molecule has 7 heteroatoms. The molecule has 2 aromatic heterocycles. The highest BCUT2D eigenvalue weighted by molar-refractivity contribution is 6.03. The molecule has 39 heavy (non-hydrogen) atoms. The maximum atomic E-state index is 14.7. The molecule has 1 N–H and O–H groups in total. The molecule has 1 unspecified atom stereocenters. The molecule has 2 amide bonds. The molecular weight excluding hydrogens is 490 g/mol. The van der Waals surface area contributed by atoms with Gasteiger partial charge in [0, 0.05) is 24.7 Å². The number of rotatable bonds is 6. The number of ether oxygens (including phenoxy) is 1. The first-order valence-electron chi connectivity index (χ1n) is 13.9. The lowest BCUT2D eigenvalue weighted by atomic mass is 9.83. The van der Waals surface area contributed by atoms with Crippen molar-refractivity contribution in [3.63, 3.8) is 0 Å². The Morgan fingerprint density at radius 1 is 1.03 bits per heavy atom. The molecule has 6 rings (SSSR count). The third-order valence-electron chi connectivity index (χ3n) is 8.34. The van der Waals surface area contributed by atoms with Crippen LogP contribution in [0.4, 0.5) is 0 Å². The van der Waals surface area contributed by atoms with Gasteiger partial charge in [0.15, 0.2) is 11.1 Å². The van der Waals surface area contributed by atoms with Crippen LogP contribution >= 0.6 is 0 Å². The summed E-state index contributed by atoms with van der Waals surface area (Å²) < 4.78 is 13.2. The first-order valence-corrected chi connectivity index (χ1v) is 13.9. The van der Waals surface area contributed by atoms with Crippen molar-refractivity contribution in [3.8, 4) is 5.75 Å². The normalized spacial score (nSPS) is 20.1. The van der Waals surface area contributed by atoms with Crippen molar-refractivity contribution in [3.05, 3.63) is 89.3 Å². The number of amides is 2. The molecule has 202 valence electrons. The van der Waals surface area contributed by atoms with Crippen LogP contribution in [0.1, 0.15) is 65.9 Å². The molecule has 0 bridgehead atoms. The minimum atomic E-state index is -1.24. The SMILES string of the molecule is COc1ccc(CN2C(=O)c3cc4oc(C)cc4n3CC2(C(=O)NC2CCCCCC2)c2ccccc2)cc1. The Hall–Kier alpha value is -4.00. The van der Waals surface area contributed by atoms with Crippen molar-refractivity contribution in [2.75, 3.05) is 7.11 Å². The number of aryl methyl sites for hydroxylation is 1. The second kappa shape index (κ2) is 10.3. The molecule has 1 aliphatic heterocycles. The molecule has 3 heterocycles. The van der Waals surface area contributed by atoms with Crippen molar-refractivity contribution in [1.82, 2.24) is 14.8 Å². The number of carbonyl (C=O) groups is 2. The zero-order chi connectivity index (χ0) is 27.0. The largest absolute Gasteiger partial charge is 0.497 e. The second-order valence-corrected chi connectivity index (χ2v) is 10.8. The predicted octanol–water partition coefficient (Wildman–Crippen LogP) is 5.94. The smallest absolute Gasteiger partial charge is 0.272 e. The Bertz CT molecular complexity index is 1480. The van der Waals surface area contributed by atoms with Crippen LogP contribution in [-0.2, 0) is 23.4 Å². The minimum Gasteiger partial charge on any atom is -0.497 e. The summed E-state index contributed by atoms with van der Waals surface area (Å²) >= 11 is 0. The number of nitrogens with one attached hydrogen (secondary N) is 1. The van der Waals surface area contributed by atoms with Crippen molar-refractivity contribution in [2.24, 2.45) is 0 Å². The molecule has 1 aliphatic carbocycles. The lowest BCUT2D eigenvalue weighted by Gasteiger charge is -2.47. The van der Waals surface area contributed by atoms with Crippen molar-refractivity contribution in [2.45, 2.75) is 70.1 Å². The third kappa shape index (κ3) is 4.50. The Morgan fingerprint density at radius 3 is 2.44 bits per heavy atom. The number of hydrogen-bond acceptors (Lipinski definition) is 4. The van der Waals surface area contributed by atoms with Gasteiger partial charge in [0.2, 0.25) is 0 Å². The van der Waals surface area contributed by atoms with E-state index in [0.29, 0.717) is 17.8 Å². The van der Waals surface area contributed by atoms with Crippen LogP contribution < -0.4 is 10.1 Å². The lowest BCUT2D eigenvalue weighted by Crippen LogP contribution is -2.63. The average molecular weight is 526 g/mol. The van der Waals surface area contributed by atoms with Crippen molar-refractivity contribution >= 4 is 22.9 Å². The van der Waals surface area contributed by atoms with Crippen molar-refractivity contribution < 1.29 is 18.7 Å². The number of furan rings is 1. The first-order chi connectivity index (χ1) is 19.0. The summed E-state index contributed by atoms with van der Waals surface area (Å²) in [4.78, 5) is 30.8. The van der Waals surface area contributed by atoms with Crippen LogP contribution in [0, 0.1) is 6.92 Å². The fraction of sp³-hybridized carbons (Fsp3) is 0.375. The molecule has 7 nitrogen and oxygen atoms in total. The number of methoxy groups -OCH3 is 1. The standard InChI is InChI=1S/C32H35N3O4/c1-22-18-27-29(39-22)19-28-30(36)35(20-23-14-16-26(38-2)17-15-23)32(21-34(27)28,24-10-6-5-7-11-24)31(37)33-25-12-8-3-4-9-13-25/h5-7,10-11,14-19,25H,3-4,8-9,12-13,20-21H2,1-2H3,(H,33,37). The number of aromatic nitrogens is 1. The summed E-state index contributed by atoms with van der Waals surface area (Å²) in [6, 6.07) is 21.3. The zero-order valence-electron chi connectivity index (χ0n) is 22.6. The summed E-state index contributed by atoms with van der Waals surface area (Å²) in [5.74, 6) is 1.20. The van der Waals surface area contributed by atoms with Crippen LogP contribution in [0.5, 0.6) is 5.75 Å². The summed E-state index contributed by atoms with van der Waals surface area (Å²) in [6.07, 6.45) is 6.53. The monoisotopic (exact) mass is 525 g/mol. The van der Waals surface area contributed by atoms with Gasteiger partial charge in [-0.05, 0) is 43.0 Å². The van der Waals surface area contributed by atoms with E-state index in [-0.39, 0.29) is 24.4 Å². The van der Waals surface area contributed by atoms with E-state index in [1.54, 1.807) is 12.0 Å². The van der Waals surface area contributed by atoms with Gasteiger partial charge in [-0.3, -0.25) is 9.59 Å².